The van der Waals surface area contributed by atoms with Gasteiger partial charge in [0.2, 0.25) is 0 Å². The van der Waals surface area contributed by atoms with E-state index in [1.807, 2.05) is 13.0 Å². The molecule has 0 spiro atoms. The standard InChI is InChI=1S/C24H23ClN6O3/c1-3-31-14-21(22(30-31)24(33)27-9-10-34-2)29-23(32)18-12-20(15-5-4-8-26-13-15)28-19-7-6-16(25)11-17(18)19/h4-8,11-14H,3,9-10H2,1-2H3,(H,27,33)(H,29,32). The Balaban J connectivity index is 1.73. The van der Waals surface area contributed by atoms with Gasteiger partial charge in [-0.2, -0.15) is 5.10 Å². The Morgan fingerprint density at radius 1 is 1.18 bits per heavy atom. The molecule has 174 valence electrons. The Bertz CT molecular complexity index is 1340. The minimum atomic E-state index is -0.415. The molecule has 0 aliphatic carbocycles. The van der Waals surface area contributed by atoms with Crippen molar-refractivity contribution in [3.63, 3.8) is 0 Å². The molecule has 0 radical (unpaired) electrons. The Kier molecular flexibility index (Phi) is 7.15. The van der Waals surface area contributed by atoms with Gasteiger partial charge in [-0.1, -0.05) is 11.6 Å². The molecule has 4 aromatic rings. The van der Waals surface area contributed by atoms with Crippen LogP contribution in [0, 0.1) is 0 Å². The average Bonchev–Trinajstić information content (AvgIpc) is 3.27. The van der Waals surface area contributed by atoms with Crippen molar-refractivity contribution in [2.75, 3.05) is 25.6 Å². The van der Waals surface area contributed by atoms with Crippen LogP contribution in [0.15, 0.2) is 55.0 Å². The van der Waals surface area contributed by atoms with Gasteiger partial charge in [0.15, 0.2) is 5.69 Å². The topological polar surface area (TPSA) is 111 Å². The highest BCUT2D eigenvalue weighted by Crippen LogP contribution is 2.28. The molecule has 0 saturated carbocycles. The van der Waals surface area contributed by atoms with Crippen molar-refractivity contribution in [1.82, 2.24) is 25.1 Å². The van der Waals surface area contributed by atoms with Crippen LogP contribution >= 0.6 is 11.6 Å². The first-order valence-electron chi connectivity index (χ1n) is 10.7. The highest BCUT2D eigenvalue weighted by Gasteiger charge is 2.21. The second-order valence-corrected chi connectivity index (χ2v) is 7.84. The maximum Gasteiger partial charge on any atom is 0.274 e. The van der Waals surface area contributed by atoms with E-state index in [1.54, 1.807) is 60.7 Å². The summed E-state index contributed by atoms with van der Waals surface area (Å²) in [7, 11) is 1.55. The molecule has 3 heterocycles. The quantitative estimate of drug-likeness (QED) is 0.373. The van der Waals surface area contributed by atoms with Crippen LogP contribution in [0.2, 0.25) is 5.02 Å². The van der Waals surface area contributed by atoms with Crippen molar-refractivity contribution in [1.29, 1.82) is 0 Å². The summed E-state index contributed by atoms with van der Waals surface area (Å²) in [4.78, 5) is 34.9. The molecule has 0 saturated heterocycles. The van der Waals surface area contributed by atoms with Crippen molar-refractivity contribution in [3.8, 4) is 11.3 Å². The molecule has 0 aliphatic heterocycles. The predicted molar refractivity (Wildman–Crippen MR) is 130 cm³/mol. The summed E-state index contributed by atoms with van der Waals surface area (Å²) in [5.74, 6) is -0.820. The molecule has 1 aromatic carbocycles. The number of carbonyl (C=O) groups is 2. The lowest BCUT2D eigenvalue weighted by Gasteiger charge is -2.11. The summed E-state index contributed by atoms with van der Waals surface area (Å²) in [6, 6.07) is 10.5. The van der Waals surface area contributed by atoms with Gasteiger partial charge in [0.25, 0.3) is 11.8 Å². The van der Waals surface area contributed by atoms with E-state index in [0.29, 0.717) is 52.6 Å². The van der Waals surface area contributed by atoms with Gasteiger partial charge >= 0.3 is 0 Å². The molecule has 0 fully saturated rings. The Labute approximate surface area is 201 Å². The number of rotatable bonds is 8. The molecule has 4 rings (SSSR count). The molecule has 0 bridgehead atoms. The van der Waals surface area contributed by atoms with Gasteiger partial charge in [0.05, 0.1) is 29.1 Å². The zero-order valence-electron chi connectivity index (χ0n) is 18.7. The molecular formula is C24H23ClN6O3. The zero-order chi connectivity index (χ0) is 24.1. The van der Waals surface area contributed by atoms with Gasteiger partial charge in [-0.25, -0.2) is 4.98 Å². The van der Waals surface area contributed by atoms with Crippen molar-refractivity contribution in [2.45, 2.75) is 13.5 Å². The number of carbonyl (C=O) groups excluding carboxylic acids is 2. The van der Waals surface area contributed by atoms with Crippen LogP contribution in [0.1, 0.15) is 27.8 Å². The van der Waals surface area contributed by atoms with Gasteiger partial charge in [-0.15, -0.1) is 0 Å². The summed E-state index contributed by atoms with van der Waals surface area (Å²) < 4.78 is 6.56. The molecule has 9 nitrogen and oxygen atoms in total. The second-order valence-electron chi connectivity index (χ2n) is 7.41. The molecule has 34 heavy (non-hydrogen) atoms. The number of amides is 2. The number of benzene rings is 1. The number of methoxy groups -OCH3 is 1. The predicted octanol–water partition coefficient (Wildman–Crippen LogP) is 3.80. The van der Waals surface area contributed by atoms with E-state index in [0.717, 1.165) is 5.56 Å². The number of ether oxygens (including phenoxy) is 1. The fraction of sp³-hybridized carbons (Fsp3) is 0.208. The minimum Gasteiger partial charge on any atom is -0.383 e. The van der Waals surface area contributed by atoms with Crippen LogP contribution in [0.5, 0.6) is 0 Å². The van der Waals surface area contributed by atoms with Crippen LogP contribution in [0.3, 0.4) is 0 Å². The van der Waals surface area contributed by atoms with Gasteiger partial charge < -0.3 is 15.4 Å². The Morgan fingerprint density at radius 3 is 2.76 bits per heavy atom. The summed E-state index contributed by atoms with van der Waals surface area (Å²) >= 11 is 6.22. The number of anilines is 1. The number of nitrogens with one attached hydrogen (secondary N) is 2. The number of pyridine rings is 2. The second kappa shape index (κ2) is 10.4. The SMILES string of the molecule is CCn1cc(NC(=O)c2cc(-c3cccnc3)nc3ccc(Cl)cc23)c(C(=O)NCCOC)n1. The highest BCUT2D eigenvalue weighted by atomic mass is 35.5. The van der Waals surface area contributed by atoms with Gasteiger partial charge in [0, 0.05) is 54.8 Å². The lowest BCUT2D eigenvalue weighted by Crippen LogP contribution is -2.28. The van der Waals surface area contributed by atoms with Crippen molar-refractivity contribution < 1.29 is 14.3 Å². The maximum absolute atomic E-state index is 13.5. The number of halogens is 1. The lowest BCUT2D eigenvalue weighted by atomic mass is 10.0. The molecule has 3 aromatic heterocycles. The zero-order valence-corrected chi connectivity index (χ0v) is 19.5. The largest absolute Gasteiger partial charge is 0.383 e. The van der Waals surface area contributed by atoms with Crippen LogP contribution in [-0.2, 0) is 11.3 Å². The fourth-order valence-electron chi connectivity index (χ4n) is 3.43. The summed E-state index contributed by atoms with van der Waals surface area (Å²) in [5.41, 5.74) is 2.76. The Morgan fingerprint density at radius 2 is 2.03 bits per heavy atom. The molecule has 2 N–H and O–H groups in total. The smallest absolute Gasteiger partial charge is 0.274 e. The third kappa shape index (κ3) is 5.05. The van der Waals surface area contributed by atoms with Crippen LogP contribution in [0.4, 0.5) is 5.69 Å². The number of hydrogen-bond acceptors (Lipinski definition) is 6. The molecule has 10 heteroatoms. The first kappa shape index (κ1) is 23.3. The van der Waals surface area contributed by atoms with Gasteiger partial charge in [0.1, 0.15) is 0 Å². The summed E-state index contributed by atoms with van der Waals surface area (Å²) in [5, 5.41) is 10.9. The number of aryl methyl sites for hydroxylation is 1. The van der Waals surface area contributed by atoms with E-state index in [9.17, 15) is 9.59 Å². The monoisotopic (exact) mass is 478 g/mol. The van der Waals surface area contributed by atoms with E-state index in [4.69, 9.17) is 16.3 Å². The van der Waals surface area contributed by atoms with Crippen molar-refractivity contribution in [2.24, 2.45) is 0 Å². The first-order chi connectivity index (χ1) is 16.5. The van der Waals surface area contributed by atoms with Crippen LogP contribution in [-0.4, -0.2) is 51.8 Å². The third-order valence-electron chi connectivity index (χ3n) is 5.11. The van der Waals surface area contributed by atoms with Gasteiger partial charge in [-0.3, -0.25) is 19.3 Å². The van der Waals surface area contributed by atoms with Crippen molar-refractivity contribution >= 4 is 40.0 Å². The van der Waals surface area contributed by atoms with E-state index in [-0.39, 0.29) is 5.69 Å². The van der Waals surface area contributed by atoms with Crippen molar-refractivity contribution in [3.05, 3.63) is 71.3 Å². The highest BCUT2D eigenvalue weighted by molar-refractivity contribution is 6.31. The number of fused-ring (bicyclic) bond motifs is 1. The third-order valence-corrected chi connectivity index (χ3v) is 5.35. The van der Waals surface area contributed by atoms with Crippen LogP contribution in [0.25, 0.3) is 22.2 Å². The molecule has 0 aliphatic rings. The number of hydrogen-bond donors (Lipinski definition) is 2. The molecule has 2 amide bonds. The van der Waals surface area contributed by atoms with E-state index in [2.05, 4.69) is 25.7 Å². The maximum atomic E-state index is 13.5. The van der Waals surface area contributed by atoms with Gasteiger partial charge in [-0.05, 0) is 43.3 Å². The van der Waals surface area contributed by atoms with E-state index >= 15 is 0 Å². The van der Waals surface area contributed by atoms with E-state index in [1.165, 1.54) is 0 Å². The Hall–Kier alpha value is -3.82. The summed E-state index contributed by atoms with van der Waals surface area (Å²) in [6.45, 7) is 3.11. The van der Waals surface area contributed by atoms with E-state index < -0.39 is 11.8 Å². The molecular weight excluding hydrogens is 456 g/mol. The lowest BCUT2D eigenvalue weighted by molar-refractivity contribution is 0.0932. The average molecular weight is 479 g/mol. The normalized spacial score (nSPS) is 10.9. The summed E-state index contributed by atoms with van der Waals surface area (Å²) in [6.07, 6.45) is 4.98. The first-order valence-corrected chi connectivity index (χ1v) is 11.0. The fourth-order valence-corrected chi connectivity index (χ4v) is 3.60. The van der Waals surface area contributed by atoms with Crippen LogP contribution < -0.4 is 10.6 Å². The molecule has 0 unspecified atom stereocenters. The number of nitrogens with zero attached hydrogens (tertiary/aromatic N) is 4. The molecule has 0 atom stereocenters. The minimum absolute atomic E-state index is 0.121. The number of aromatic nitrogens is 4.